The van der Waals surface area contributed by atoms with Crippen LogP contribution in [0, 0.1) is 0 Å². The first-order chi connectivity index (χ1) is 7.77. The van der Waals surface area contributed by atoms with Crippen molar-refractivity contribution in [3.63, 3.8) is 0 Å². The maximum Gasteiger partial charge on any atom is 0.258 e. The lowest BCUT2D eigenvalue weighted by Crippen LogP contribution is -2.13. The molecule has 0 saturated heterocycles. The van der Waals surface area contributed by atoms with Gasteiger partial charge in [-0.25, -0.2) is 9.97 Å². The van der Waals surface area contributed by atoms with Crippen LogP contribution in [0.1, 0.15) is 10.4 Å². The van der Waals surface area contributed by atoms with E-state index in [0.717, 1.165) is 0 Å². The third-order valence-electron chi connectivity index (χ3n) is 1.92. The van der Waals surface area contributed by atoms with Gasteiger partial charge in [0.1, 0.15) is 6.33 Å². The third kappa shape index (κ3) is 2.11. The van der Waals surface area contributed by atoms with E-state index < -0.39 is 0 Å². The topological polar surface area (TPSA) is 93.8 Å². The van der Waals surface area contributed by atoms with E-state index in [2.05, 4.69) is 20.3 Å². The van der Waals surface area contributed by atoms with Crippen LogP contribution >= 0.6 is 0 Å². The molecule has 80 valence electrons. The molecular weight excluding hydrogens is 206 g/mol. The van der Waals surface area contributed by atoms with Gasteiger partial charge in [0.15, 0.2) is 0 Å². The minimum Gasteiger partial charge on any atom is -0.396 e. The molecule has 0 spiro atoms. The summed E-state index contributed by atoms with van der Waals surface area (Å²) >= 11 is 0. The number of amides is 1. The number of carbonyl (C=O) groups is 1. The highest BCUT2D eigenvalue weighted by atomic mass is 16.1. The molecule has 0 saturated carbocycles. The predicted molar refractivity (Wildman–Crippen MR) is 58.6 cm³/mol. The van der Waals surface area contributed by atoms with Crippen LogP contribution < -0.4 is 11.1 Å². The predicted octanol–water partition coefficient (Wildman–Crippen LogP) is 0.706. The van der Waals surface area contributed by atoms with Crippen molar-refractivity contribution in [2.24, 2.45) is 0 Å². The van der Waals surface area contributed by atoms with Crippen LogP contribution in [0.3, 0.4) is 0 Å². The Balaban J connectivity index is 2.18. The van der Waals surface area contributed by atoms with Crippen molar-refractivity contribution in [2.75, 3.05) is 11.1 Å². The summed E-state index contributed by atoms with van der Waals surface area (Å²) in [6, 6.07) is 1.62. The molecule has 0 unspecified atom stereocenters. The van der Waals surface area contributed by atoms with Gasteiger partial charge in [0.2, 0.25) is 0 Å². The van der Waals surface area contributed by atoms with Crippen molar-refractivity contribution in [3.8, 4) is 0 Å². The second-order valence-corrected chi connectivity index (χ2v) is 3.04. The fraction of sp³-hybridized carbons (Fsp3) is 0. The number of rotatable bonds is 2. The lowest BCUT2D eigenvalue weighted by Gasteiger charge is -2.06. The molecule has 2 rings (SSSR count). The van der Waals surface area contributed by atoms with E-state index in [-0.39, 0.29) is 5.91 Å². The summed E-state index contributed by atoms with van der Waals surface area (Å²) in [6.07, 6.45) is 7.24. The zero-order valence-electron chi connectivity index (χ0n) is 8.29. The van der Waals surface area contributed by atoms with Crippen molar-refractivity contribution in [3.05, 3.63) is 42.7 Å². The number of pyridine rings is 1. The standard InChI is InChI=1S/C10H9N5O/c11-8-5-12-2-1-9(8)15-10(16)7-3-13-6-14-4-7/h1-6H,11H2,(H,12,15,16). The highest BCUT2D eigenvalue weighted by molar-refractivity contribution is 6.05. The molecule has 2 aromatic rings. The lowest BCUT2D eigenvalue weighted by molar-refractivity contribution is 0.102. The normalized spacial score (nSPS) is 9.75. The van der Waals surface area contributed by atoms with Crippen molar-refractivity contribution >= 4 is 17.3 Å². The van der Waals surface area contributed by atoms with E-state index in [4.69, 9.17) is 5.73 Å². The minimum absolute atomic E-state index is 0.307. The van der Waals surface area contributed by atoms with Crippen molar-refractivity contribution in [1.29, 1.82) is 0 Å². The first kappa shape index (κ1) is 10.0. The summed E-state index contributed by atoms with van der Waals surface area (Å²) in [5.74, 6) is -0.307. The third-order valence-corrected chi connectivity index (χ3v) is 1.92. The number of nitrogens with zero attached hydrogens (tertiary/aromatic N) is 3. The maximum atomic E-state index is 11.7. The number of nitrogens with one attached hydrogen (secondary N) is 1. The average molecular weight is 215 g/mol. The van der Waals surface area contributed by atoms with Crippen molar-refractivity contribution < 1.29 is 4.79 Å². The summed E-state index contributed by atoms with van der Waals surface area (Å²) in [7, 11) is 0. The van der Waals surface area contributed by atoms with E-state index in [1.807, 2.05) is 0 Å². The molecule has 6 heteroatoms. The number of nitrogens with two attached hydrogens (primary N) is 1. The summed E-state index contributed by atoms with van der Waals surface area (Å²) < 4.78 is 0. The number of hydrogen-bond donors (Lipinski definition) is 2. The Kier molecular flexibility index (Phi) is 2.73. The van der Waals surface area contributed by atoms with E-state index in [1.54, 1.807) is 12.3 Å². The Morgan fingerprint density at radius 2 is 1.94 bits per heavy atom. The summed E-state index contributed by atoms with van der Waals surface area (Å²) in [5.41, 5.74) is 6.94. The van der Waals surface area contributed by atoms with Gasteiger partial charge in [0.05, 0.1) is 23.1 Å². The molecule has 0 aliphatic carbocycles. The van der Waals surface area contributed by atoms with Gasteiger partial charge in [-0.05, 0) is 6.07 Å². The second-order valence-electron chi connectivity index (χ2n) is 3.04. The van der Waals surface area contributed by atoms with Crippen molar-refractivity contribution in [1.82, 2.24) is 15.0 Å². The maximum absolute atomic E-state index is 11.7. The molecule has 0 fully saturated rings. The number of nitrogen functional groups attached to an aromatic ring is 1. The fourth-order valence-electron chi connectivity index (χ4n) is 1.13. The Bertz CT molecular complexity index is 500. The van der Waals surface area contributed by atoms with Gasteiger partial charge in [-0.2, -0.15) is 0 Å². The van der Waals surface area contributed by atoms with Crippen LogP contribution in [0.2, 0.25) is 0 Å². The summed E-state index contributed by atoms with van der Waals surface area (Å²) in [6.45, 7) is 0. The van der Waals surface area contributed by atoms with Gasteiger partial charge in [-0.3, -0.25) is 9.78 Å². The quantitative estimate of drug-likeness (QED) is 0.769. The average Bonchev–Trinajstić information content (AvgIpc) is 2.33. The Morgan fingerprint density at radius 3 is 2.62 bits per heavy atom. The minimum atomic E-state index is -0.307. The van der Waals surface area contributed by atoms with E-state index in [1.165, 1.54) is 24.9 Å². The molecule has 6 nitrogen and oxygen atoms in total. The molecule has 1 amide bonds. The highest BCUT2D eigenvalue weighted by Gasteiger charge is 2.07. The fourth-order valence-corrected chi connectivity index (χ4v) is 1.13. The number of carbonyl (C=O) groups excluding carboxylic acids is 1. The lowest BCUT2D eigenvalue weighted by atomic mass is 10.3. The molecular formula is C10H9N5O. The molecule has 0 aliphatic heterocycles. The van der Waals surface area contributed by atoms with Crippen molar-refractivity contribution in [2.45, 2.75) is 0 Å². The zero-order valence-corrected chi connectivity index (χ0v) is 8.29. The van der Waals surface area contributed by atoms with Crippen LogP contribution in [0.25, 0.3) is 0 Å². The molecule has 16 heavy (non-hydrogen) atoms. The summed E-state index contributed by atoms with van der Waals surface area (Å²) in [4.78, 5) is 23.0. The Labute approximate surface area is 91.6 Å². The second kappa shape index (κ2) is 4.35. The molecule has 3 N–H and O–H groups in total. The smallest absolute Gasteiger partial charge is 0.258 e. The summed E-state index contributed by atoms with van der Waals surface area (Å²) in [5, 5.41) is 2.64. The SMILES string of the molecule is Nc1cnccc1NC(=O)c1cncnc1. The van der Waals surface area contributed by atoms with E-state index in [9.17, 15) is 4.79 Å². The van der Waals surface area contributed by atoms with Gasteiger partial charge in [0, 0.05) is 18.6 Å². The number of anilines is 2. The van der Waals surface area contributed by atoms with Crippen LogP contribution in [0.4, 0.5) is 11.4 Å². The largest absolute Gasteiger partial charge is 0.396 e. The Hall–Kier alpha value is -2.50. The van der Waals surface area contributed by atoms with Crippen LogP contribution in [-0.4, -0.2) is 20.9 Å². The van der Waals surface area contributed by atoms with E-state index >= 15 is 0 Å². The van der Waals surface area contributed by atoms with Crippen LogP contribution in [0.5, 0.6) is 0 Å². The molecule has 2 aromatic heterocycles. The molecule has 0 radical (unpaired) electrons. The monoisotopic (exact) mass is 215 g/mol. The van der Waals surface area contributed by atoms with E-state index in [0.29, 0.717) is 16.9 Å². The van der Waals surface area contributed by atoms with Gasteiger partial charge in [-0.15, -0.1) is 0 Å². The van der Waals surface area contributed by atoms with Crippen LogP contribution in [0.15, 0.2) is 37.2 Å². The van der Waals surface area contributed by atoms with Gasteiger partial charge in [0.25, 0.3) is 5.91 Å². The molecule has 0 atom stereocenters. The highest BCUT2D eigenvalue weighted by Crippen LogP contribution is 2.15. The molecule has 0 aromatic carbocycles. The van der Waals surface area contributed by atoms with Gasteiger partial charge < -0.3 is 11.1 Å². The number of aromatic nitrogens is 3. The number of hydrogen-bond acceptors (Lipinski definition) is 5. The first-order valence-corrected chi connectivity index (χ1v) is 4.53. The van der Waals surface area contributed by atoms with Crippen LogP contribution in [-0.2, 0) is 0 Å². The zero-order chi connectivity index (χ0) is 11.4. The molecule has 0 bridgehead atoms. The molecule has 0 aliphatic rings. The van der Waals surface area contributed by atoms with Gasteiger partial charge >= 0.3 is 0 Å². The first-order valence-electron chi connectivity index (χ1n) is 4.53. The van der Waals surface area contributed by atoms with Gasteiger partial charge in [-0.1, -0.05) is 0 Å². The molecule has 2 heterocycles. The Morgan fingerprint density at radius 1 is 1.19 bits per heavy atom.